The lowest BCUT2D eigenvalue weighted by Crippen LogP contribution is -2.51. The van der Waals surface area contributed by atoms with Crippen molar-refractivity contribution >= 4 is 5.95 Å². The van der Waals surface area contributed by atoms with Crippen molar-refractivity contribution in [1.82, 2.24) is 25.1 Å². The van der Waals surface area contributed by atoms with E-state index in [1.54, 1.807) is 6.20 Å². The molecule has 2 aliphatic heterocycles. The smallest absolute Gasteiger partial charge is 0.245 e. The van der Waals surface area contributed by atoms with Gasteiger partial charge in [-0.05, 0) is 31.9 Å². The third kappa shape index (κ3) is 3.27. The van der Waals surface area contributed by atoms with E-state index < -0.39 is 0 Å². The molecule has 0 aromatic carbocycles. The number of nitrogens with zero attached hydrogens (tertiary/aromatic N) is 5. The number of rotatable bonds is 3. The highest BCUT2D eigenvalue weighted by molar-refractivity contribution is 5.50. The van der Waals surface area contributed by atoms with Gasteiger partial charge >= 0.3 is 0 Å². The van der Waals surface area contributed by atoms with E-state index in [4.69, 9.17) is 4.74 Å². The molecule has 0 radical (unpaired) electrons. The lowest BCUT2D eigenvalue weighted by Gasteiger charge is -2.41. The van der Waals surface area contributed by atoms with Crippen molar-refractivity contribution in [3.63, 3.8) is 0 Å². The third-order valence-electron chi connectivity index (χ3n) is 4.92. The van der Waals surface area contributed by atoms with E-state index in [-0.39, 0.29) is 0 Å². The van der Waals surface area contributed by atoms with Crippen LogP contribution in [0.25, 0.3) is 11.5 Å². The summed E-state index contributed by atoms with van der Waals surface area (Å²) < 4.78 is 5.65. The fourth-order valence-corrected chi connectivity index (χ4v) is 3.62. The van der Waals surface area contributed by atoms with Crippen molar-refractivity contribution in [1.29, 1.82) is 0 Å². The van der Waals surface area contributed by atoms with Crippen molar-refractivity contribution in [3.05, 3.63) is 24.4 Å². The predicted octanol–water partition coefficient (Wildman–Crippen LogP) is 1.56. The second kappa shape index (κ2) is 6.86. The zero-order valence-corrected chi connectivity index (χ0v) is 14.1. The standard InChI is InChI=1S/C17H24N6O/c1-13-12-23(10-11-24-13)14-5-8-22(9-6-14)17-19-16(20-21-17)15-4-2-3-7-18-15/h2-4,7,13-14H,5-6,8-12H2,1H3,(H,19,20,21). The first-order valence-electron chi connectivity index (χ1n) is 8.74. The number of aromatic amines is 1. The monoisotopic (exact) mass is 328 g/mol. The molecule has 24 heavy (non-hydrogen) atoms. The maximum atomic E-state index is 5.65. The highest BCUT2D eigenvalue weighted by Gasteiger charge is 2.29. The molecule has 0 saturated carbocycles. The Hall–Kier alpha value is -1.99. The topological polar surface area (TPSA) is 70.2 Å². The van der Waals surface area contributed by atoms with Crippen molar-refractivity contribution in [2.45, 2.75) is 31.9 Å². The van der Waals surface area contributed by atoms with Crippen molar-refractivity contribution in [2.24, 2.45) is 0 Å². The van der Waals surface area contributed by atoms with E-state index in [0.717, 1.165) is 63.1 Å². The molecular formula is C17H24N6O. The van der Waals surface area contributed by atoms with Crippen LogP contribution in [0.15, 0.2) is 24.4 Å². The van der Waals surface area contributed by atoms with Crippen LogP contribution in [0.5, 0.6) is 0 Å². The molecule has 2 aromatic heterocycles. The Balaban J connectivity index is 1.37. The van der Waals surface area contributed by atoms with Crippen LogP contribution in [-0.4, -0.2) is 70.0 Å². The summed E-state index contributed by atoms with van der Waals surface area (Å²) in [6.45, 7) is 7.12. The number of hydrogen-bond donors (Lipinski definition) is 1. The number of morpholine rings is 1. The summed E-state index contributed by atoms with van der Waals surface area (Å²) in [5, 5.41) is 7.39. The minimum Gasteiger partial charge on any atom is -0.376 e. The molecule has 0 aliphatic carbocycles. The Labute approximate surface area is 142 Å². The molecule has 2 aliphatic rings. The van der Waals surface area contributed by atoms with Crippen LogP contribution < -0.4 is 4.90 Å². The van der Waals surface area contributed by atoms with Gasteiger partial charge in [0, 0.05) is 38.4 Å². The maximum absolute atomic E-state index is 5.65. The molecule has 0 spiro atoms. The number of piperidine rings is 1. The largest absolute Gasteiger partial charge is 0.376 e. The Morgan fingerprint density at radius 2 is 2.08 bits per heavy atom. The summed E-state index contributed by atoms with van der Waals surface area (Å²) in [5.74, 6) is 1.51. The van der Waals surface area contributed by atoms with E-state index in [0.29, 0.717) is 12.1 Å². The molecule has 1 N–H and O–H groups in total. The number of aromatic nitrogens is 4. The third-order valence-corrected chi connectivity index (χ3v) is 4.92. The van der Waals surface area contributed by atoms with Gasteiger partial charge in [0.25, 0.3) is 0 Å². The van der Waals surface area contributed by atoms with Crippen LogP contribution in [0, 0.1) is 0 Å². The number of ether oxygens (including phenoxy) is 1. The van der Waals surface area contributed by atoms with E-state index in [2.05, 4.69) is 36.9 Å². The molecule has 4 rings (SSSR count). The summed E-state index contributed by atoms with van der Waals surface area (Å²) >= 11 is 0. The van der Waals surface area contributed by atoms with Crippen molar-refractivity contribution in [2.75, 3.05) is 37.7 Å². The van der Waals surface area contributed by atoms with Gasteiger partial charge in [-0.2, -0.15) is 4.98 Å². The van der Waals surface area contributed by atoms with Crippen molar-refractivity contribution < 1.29 is 4.74 Å². The number of nitrogens with one attached hydrogen (secondary N) is 1. The van der Waals surface area contributed by atoms with Crippen LogP contribution in [0.4, 0.5) is 5.95 Å². The minimum absolute atomic E-state index is 0.353. The van der Waals surface area contributed by atoms with E-state index in [1.807, 2.05) is 18.2 Å². The van der Waals surface area contributed by atoms with Gasteiger partial charge < -0.3 is 9.64 Å². The van der Waals surface area contributed by atoms with Crippen LogP contribution in [0.1, 0.15) is 19.8 Å². The lowest BCUT2D eigenvalue weighted by molar-refractivity contribution is -0.0374. The van der Waals surface area contributed by atoms with Gasteiger partial charge in [-0.1, -0.05) is 6.07 Å². The van der Waals surface area contributed by atoms with Crippen molar-refractivity contribution in [3.8, 4) is 11.5 Å². The molecule has 1 atom stereocenters. The van der Waals surface area contributed by atoms with E-state index >= 15 is 0 Å². The molecule has 2 aromatic rings. The van der Waals surface area contributed by atoms with Gasteiger partial charge in [-0.25, -0.2) is 0 Å². The second-order valence-corrected chi connectivity index (χ2v) is 6.59. The van der Waals surface area contributed by atoms with E-state index in [9.17, 15) is 0 Å². The molecule has 4 heterocycles. The molecule has 0 amide bonds. The zero-order chi connectivity index (χ0) is 16.4. The summed E-state index contributed by atoms with van der Waals surface area (Å²) in [7, 11) is 0. The number of hydrogen-bond acceptors (Lipinski definition) is 6. The zero-order valence-electron chi connectivity index (χ0n) is 14.1. The van der Waals surface area contributed by atoms with Crippen LogP contribution in [0.2, 0.25) is 0 Å². The Kier molecular flexibility index (Phi) is 4.44. The summed E-state index contributed by atoms with van der Waals surface area (Å²) in [6.07, 6.45) is 4.43. The highest BCUT2D eigenvalue weighted by Crippen LogP contribution is 2.23. The van der Waals surface area contributed by atoms with Gasteiger partial charge in [0.15, 0.2) is 5.82 Å². The van der Waals surface area contributed by atoms with Gasteiger partial charge in [-0.15, -0.1) is 5.10 Å². The SMILES string of the molecule is CC1CN(C2CCN(c3n[nH]c(-c4ccccn4)n3)CC2)CCO1. The highest BCUT2D eigenvalue weighted by atomic mass is 16.5. The first-order chi connectivity index (χ1) is 11.8. The predicted molar refractivity (Wildman–Crippen MR) is 91.8 cm³/mol. The van der Waals surface area contributed by atoms with Gasteiger partial charge in [0.05, 0.1) is 12.7 Å². The van der Waals surface area contributed by atoms with Gasteiger partial charge in [-0.3, -0.25) is 15.0 Å². The quantitative estimate of drug-likeness (QED) is 0.922. The number of pyridine rings is 1. The summed E-state index contributed by atoms with van der Waals surface area (Å²) in [5.41, 5.74) is 0.827. The molecule has 128 valence electrons. The minimum atomic E-state index is 0.353. The molecule has 0 bridgehead atoms. The normalized spacial score (nSPS) is 23.5. The summed E-state index contributed by atoms with van der Waals surface area (Å²) in [4.78, 5) is 13.8. The molecule has 1 unspecified atom stereocenters. The molecule has 2 fully saturated rings. The molecular weight excluding hydrogens is 304 g/mol. The fourth-order valence-electron chi connectivity index (χ4n) is 3.62. The first kappa shape index (κ1) is 15.5. The second-order valence-electron chi connectivity index (χ2n) is 6.59. The van der Waals surface area contributed by atoms with Crippen LogP contribution in [0.3, 0.4) is 0 Å². The maximum Gasteiger partial charge on any atom is 0.245 e. The molecule has 2 saturated heterocycles. The van der Waals surface area contributed by atoms with Gasteiger partial charge in [0.2, 0.25) is 5.95 Å². The molecule has 7 heteroatoms. The Morgan fingerprint density at radius 1 is 1.21 bits per heavy atom. The number of H-pyrrole nitrogens is 1. The van der Waals surface area contributed by atoms with Crippen LogP contribution in [-0.2, 0) is 4.74 Å². The van der Waals surface area contributed by atoms with Gasteiger partial charge in [0.1, 0.15) is 5.69 Å². The average Bonchev–Trinajstić information content (AvgIpc) is 3.13. The fraction of sp³-hybridized carbons (Fsp3) is 0.588. The first-order valence-corrected chi connectivity index (χ1v) is 8.74. The van der Waals surface area contributed by atoms with Crippen LogP contribution >= 0.6 is 0 Å². The summed E-state index contributed by atoms with van der Waals surface area (Å²) in [6, 6.07) is 6.45. The Bertz CT molecular complexity index is 652. The Morgan fingerprint density at radius 3 is 2.83 bits per heavy atom. The lowest BCUT2D eigenvalue weighted by atomic mass is 10.0. The van der Waals surface area contributed by atoms with E-state index in [1.165, 1.54) is 0 Å². The molecule has 7 nitrogen and oxygen atoms in total. The number of anilines is 1. The average molecular weight is 328 g/mol.